The highest BCUT2D eigenvalue weighted by Gasteiger charge is 2.27. The van der Waals surface area contributed by atoms with Crippen LogP contribution >= 0.6 is 0 Å². The molecule has 8 heteroatoms. The first-order chi connectivity index (χ1) is 13.1. The van der Waals surface area contributed by atoms with E-state index in [1.165, 1.54) is 13.2 Å². The highest BCUT2D eigenvalue weighted by Crippen LogP contribution is 2.33. The Morgan fingerprint density at radius 2 is 2.04 bits per heavy atom. The molecule has 0 saturated carbocycles. The third-order valence-corrected chi connectivity index (χ3v) is 4.51. The molecular formula is C19H22N2O6. The highest BCUT2D eigenvalue weighted by atomic mass is 16.5. The third-order valence-electron chi connectivity index (χ3n) is 4.51. The summed E-state index contributed by atoms with van der Waals surface area (Å²) in [4.78, 5) is 30.3. The molecule has 1 aliphatic heterocycles. The largest absolute Gasteiger partial charge is 0.502 e. The van der Waals surface area contributed by atoms with Crippen LogP contribution in [0, 0.1) is 0 Å². The van der Waals surface area contributed by atoms with E-state index in [-0.39, 0.29) is 12.2 Å². The molecule has 2 aromatic heterocycles. The van der Waals surface area contributed by atoms with Gasteiger partial charge in [0.25, 0.3) is 0 Å². The number of morpholine rings is 1. The minimum absolute atomic E-state index is 0.0577. The van der Waals surface area contributed by atoms with Crippen LogP contribution in [0.1, 0.15) is 29.4 Å². The van der Waals surface area contributed by atoms with Crippen LogP contribution in [-0.4, -0.2) is 54.4 Å². The lowest BCUT2D eigenvalue weighted by molar-refractivity contribution is -0.140. The standard InChI is InChI=1S/C19H22N2O6/c1-25-17(23)11-15(13-2-4-20-5-3-13)19-18(24)16(22)10-14(27-19)12-21-6-8-26-9-7-21/h2-5,10,15,24H,6-9,11-12H2,1H3. The number of aromatic hydroxyl groups is 1. The van der Waals surface area contributed by atoms with Crippen molar-refractivity contribution in [1.29, 1.82) is 0 Å². The summed E-state index contributed by atoms with van der Waals surface area (Å²) in [5, 5.41) is 10.3. The van der Waals surface area contributed by atoms with Crippen LogP contribution in [0.3, 0.4) is 0 Å². The lowest BCUT2D eigenvalue weighted by Gasteiger charge is -2.26. The van der Waals surface area contributed by atoms with Gasteiger partial charge in [0.15, 0.2) is 5.76 Å². The van der Waals surface area contributed by atoms with Crippen LogP contribution in [0.15, 0.2) is 39.8 Å². The first-order valence-corrected chi connectivity index (χ1v) is 8.71. The molecule has 1 aliphatic rings. The number of esters is 1. The molecule has 27 heavy (non-hydrogen) atoms. The fourth-order valence-electron chi connectivity index (χ4n) is 3.06. The van der Waals surface area contributed by atoms with Gasteiger partial charge in [-0.2, -0.15) is 0 Å². The Morgan fingerprint density at radius 3 is 2.70 bits per heavy atom. The average molecular weight is 374 g/mol. The number of nitrogens with zero attached hydrogens (tertiary/aromatic N) is 2. The van der Waals surface area contributed by atoms with Crippen molar-refractivity contribution >= 4 is 5.97 Å². The van der Waals surface area contributed by atoms with Gasteiger partial charge >= 0.3 is 5.97 Å². The monoisotopic (exact) mass is 374 g/mol. The highest BCUT2D eigenvalue weighted by molar-refractivity contribution is 5.71. The molecular weight excluding hydrogens is 352 g/mol. The number of hydrogen-bond acceptors (Lipinski definition) is 8. The fraction of sp³-hybridized carbons (Fsp3) is 0.421. The molecule has 0 amide bonds. The number of carbonyl (C=O) groups excluding carboxylic acids is 1. The fourth-order valence-corrected chi connectivity index (χ4v) is 3.06. The minimum atomic E-state index is -0.655. The first kappa shape index (κ1) is 19.1. The van der Waals surface area contributed by atoms with Gasteiger partial charge in [0, 0.05) is 31.5 Å². The zero-order valence-electron chi connectivity index (χ0n) is 15.1. The van der Waals surface area contributed by atoms with Crippen molar-refractivity contribution < 1.29 is 23.8 Å². The molecule has 1 saturated heterocycles. The molecule has 3 heterocycles. The van der Waals surface area contributed by atoms with Crippen LogP contribution < -0.4 is 5.43 Å². The maximum absolute atomic E-state index is 12.3. The van der Waals surface area contributed by atoms with E-state index in [9.17, 15) is 14.7 Å². The smallest absolute Gasteiger partial charge is 0.306 e. The Morgan fingerprint density at radius 1 is 1.33 bits per heavy atom. The Kier molecular flexibility index (Phi) is 6.20. The maximum atomic E-state index is 12.3. The van der Waals surface area contributed by atoms with Crippen molar-refractivity contribution in [2.45, 2.75) is 18.9 Å². The van der Waals surface area contributed by atoms with Gasteiger partial charge in [0.1, 0.15) is 5.76 Å². The van der Waals surface area contributed by atoms with Gasteiger partial charge in [0.2, 0.25) is 11.2 Å². The molecule has 0 aromatic carbocycles. The second-order valence-corrected chi connectivity index (χ2v) is 6.29. The first-order valence-electron chi connectivity index (χ1n) is 8.71. The molecule has 0 aliphatic carbocycles. The van der Waals surface area contributed by atoms with Gasteiger partial charge < -0.3 is 19.0 Å². The number of hydrogen-bond donors (Lipinski definition) is 1. The predicted octanol–water partition coefficient (Wildman–Crippen LogP) is 1.27. The van der Waals surface area contributed by atoms with Crippen LogP contribution in [0.25, 0.3) is 0 Å². The molecule has 144 valence electrons. The predicted molar refractivity (Wildman–Crippen MR) is 95.5 cm³/mol. The molecule has 2 aromatic rings. The summed E-state index contributed by atoms with van der Waals surface area (Å²) in [5.41, 5.74) is 0.154. The molecule has 0 spiro atoms. The molecule has 3 rings (SSSR count). The van der Waals surface area contributed by atoms with Crippen molar-refractivity contribution in [3.8, 4) is 5.75 Å². The molecule has 0 bridgehead atoms. The Bertz CT molecular complexity index is 830. The van der Waals surface area contributed by atoms with Crippen LogP contribution in [0.5, 0.6) is 5.75 Å². The summed E-state index contributed by atoms with van der Waals surface area (Å²) in [5.74, 6) is -1.14. The quantitative estimate of drug-likeness (QED) is 0.754. The topological polar surface area (TPSA) is 102 Å². The normalized spacial score (nSPS) is 16.0. The third kappa shape index (κ3) is 4.72. The Labute approximate surface area is 156 Å². The summed E-state index contributed by atoms with van der Waals surface area (Å²) < 4.78 is 16.0. The summed E-state index contributed by atoms with van der Waals surface area (Å²) in [6.45, 7) is 3.13. The van der Waals surface area contributed by atoms with Gasteiger partial charge in [-0.05, 0) is 17.7 Å². The number of carbonyl (C=O) groups is 1. The number of ether oxygens (including phenoxy) is 2. The number of methoxy groups -OCH3 is 1. The van der Waals surface area contributed by atoms with E-state index in [1.807, 2.05) is 0 Å². The van der Waals surface area contributed by atoms with Gasteiger partial charge in [-0.3, -0.25) is 19.5 Å². The van der Waals surface area contributed by atoms with E-state index in [2.05, 4.69) is 9.88 Å². The number of pyridine rings is 1. The zero-order chi connectivity index (χ0) is 19.2. The molecule has 1 fully saturated rings. The molecule has 1 atom stereocenters. The zero-order valence-corrected chi connectivity index (χ0v) is 15.1. The SMILES string of the molecule is COC(=O)CC(c1ccncc1)c1oc(CN2CCOCC2)cc(=O)c1O. The van der Waals surface area contributed by atoms with Gasteiger partial charge in [0.05, 0.1) is 39.2 Å². The van der Waals surface area contributed by atoms with E-state index >= 15 is 0 Å². The summed E-state index contributed by atoms with van der Waals surface area (Å²) >= 11 is 0. The molecule has 1 unspecified atom stereocenters. The van der Waals surface area contributed by atoms with E-state index in [0.717, 1.165) is 13.1 Å². The van der Waals surface area contributed by atoms with Crippen LogP contribution in [0.4, 0.5) is 0 Å². The average Bonchev–Trinajstić information content (AvgIpc) is 2.70. The van der Waals surface area contributed by atoms with E-state index in [0.29, 0.717) is 31.1 Å². The second kappa shape index (κ2) is 8.79. The minimum Gasteiger partial charge on any atom is -0.502 e. The van der Waals surface area contributed by atoms with E-state index in [4.69, 9.17) is 13.9 Å². The number of aromatic nitrogens is 1. The summed E-state index contributed by atoms with van der Waals surface area (Å²) in [6, 6.07) is 4.71. The van der Waals surface area contributed by atoms with Gasteiger partial charge in [-0.25, -0.2) is 0 Å². The van der Waals surface area contributed by atoms with Gasteiger partial charge in [-0.15, -0.1) is 0 Å². The van der Waals surface area contributed by atoms with E-state index < -0.39 is 23.1 Å². The maximum Gasteiger partial charge on any atom is 0.306 e. The molecule has 8 nitrogen and oxygen atoms in total. The van der Waals surface area contributed by atoms with Crippen LogP contribution in [0.2, 0.25) is 0 Å². The van der Waals surface area contributed by atoms with Crippen molar-refractivity contribution in [2.24, 2.45) is 0 Å². The lowest BCUT2D eigenvalue weighted by atomic mass is 9.93. The lowest BCUT2D eigenvalue weighted by Crippen LogP contribution is -2.35. The van der Waals surface area contributed by atoms with Crippen molar-refractivity contribution in [3.63, 3.8) is 0 Å². The van der Waals surface area contributed by atoms with Crippen molar-refractivity contribution in [3.05, 3.63) is 57.9 Å². The van der Waals surface area contributed by atoms with Crippen molar-refractivity contribution in [1.82, 2.24) is 9.88 Å². The van der Waals surface area contributed by atoms with E-state index in [1.54, 1.807) is 24.5 Å². The summed E-state index contributed by atoms with van der Waals surface area (Å²) in [7, 11) is 1.29. The summed E-state index contributed by atoms with van der Waals surface area (Å²) in [6.07, 6.45) is 3.08. The second-order valence-electron chi connectivity index (χ2n) is 6.29. The molecule has 0 radical (unpaired) electrons. The van der Waals surface area contributed by atoms with Crippen molar-refractivity contribution in [2.75, 3.05) is 33.4 Å². The van der Waals surface area contributed by atoms with Crippen LogP contribution in [-0.2, 0) is 20.8 Å². The Hall–Kier alpha value is -2.71. The molecule has 1 N–H and O–H groups in total. The Balaban J connectivity index is 1.97. The van der Waals surface area contributed by atoms with Gasteiger partial charge in [-0.1, -0.05) is 0 Å². The number of rotatable bonds is 6.